The van der Waals surface area contributed by atoms with Crippen LogP contribution in [0.5, 0.6) is 5.75 Å². The van der Waals surface area contributed by atoms with E-state index in [1.54, 1.807) is 0 Å². The zero-order chi connectivity index (χ0) is 18.8. The third-order valence-corrected chi connectivity index (χ3v) is 5.90. The van der Waals surface area contributed by atoms with E-state index in [-0.39, 0.29) is 0 Å². The molecule has 0 radical (unpaired) electrons. The van der Waals surface area contributed by atoms with Gasteiger partial charge in [-0.2, -0.15) is 0 Å². The van der Waals surface area contributed by atoms with Crippen molar-refractivity contribution < 1.29 is 9.47 Å². The Morgan fingerprint density at radius 1 is 0.885 bits per heavy atom. The molecular formula is C23H36O2S. The SMILES string of the molecule is CCCCCCOC1=C(c2cc(OCCCCCC)c(C)s2)CC(C)=C1. The second-order valence-electron chi connectivity index (χ2n) is 7.36. The topological polar surface area (TPSA) is 18.5 Å². The van der Waals surface area contributed by atoms with Crippen LogP contribution in [0.1, 0.15) is 88.3 Å². The van der Waals surface area contributed by atoms with Gasteiger partial charge in [0.1, 0.15) is 11.5 Å². The third-order valence-electron chi connectivity index (χ3n) is 4.81. The van der Waals surface area contributed by atoms with E-state index in [9.17, 15) is 0 Å². The molecule has 1 aliphatic rings. The summed E-state index contributed by atoms with van der Waals surface area (Å²) in [5.74, 6) is 2.13. The van der Waals surface area contributed by atoms with Gasteiger partial charge in [-0.15, -0.1) is 11.3 Å². The molecule has 26 heavy (non-hydrogen) atoms. The first-order chi connectivity index (χ1) is 12.7. The molecule has 0 bridgehead atoms. The first kappa shape index (κ1) is 21.1. The summed E-state index contributed by atoms with van der Waals surface area (Å²) in [5, 5.41) is 0. The molecule has 1 heterocycles. The highest BCUT2D eigenvalue weighted by Crippen LogP contribution is 2.40. The molecule has 1 aromatic rings. The summed E-state index contributed by atoms with van der Waals surface area (Å²) in [6.45, 7) is 10.5. The lowest BCUT2D eigenvalue weighted by Crippen LogP contribution is -1.97. The van der Waals surface area contributed by atoms with Crippen molar-refractivity contribution in [3.05, 3.63) is 33.2 Å². The predicted octanol–water partition coefficient (Wildman–Crippen LogP) is 7.67. The molecule has 1 aromatic heterocycles. The highest BCUT2D eigenvalue weighted by Gasteiger charge is 2.20. The molecule has 2 nitrogen and oxygen atoms in total. The van der Waals surface area contributed by atoms with Gasteiger partial charge in [-0.05, 0) is 45.3 Å². The molecule has 0 spiro atoms. The van der Waals surface area contributed by atoms with Gasteiger partial charge in [-0.25, -0.2) is 0 Å². The van der Waals surface area contributed by atoms with E-state index < -0.39 is 0 Å². The number of allylic oxidation sites excluding steroid dienone is 3. The van der Waals surface area contributed by atoms with Crippen LogP contribution < -0.4 is 4.74 Å². The van der Waals surface area contributed by atoms with Crippen molar-refractivity contribution in [2.24, 2.45) is 0 Å². The average molecular weight is 377 g/mol. The number of ether oxygens (including phenoxy) is 2. The van der Waals surface area contributed by atoms with Crippen molar-refractivity contribution in [3.8, 4) is 5.75 Å². The van der Waals surface area contributed by atoms with Gasteiger partial charge in [0.05, 0.1) is 13.2 Å². The summed E-state index contributed by atoms with van der Waals surface area (Å²) in [6, 6.07) is 2.22. The Morgan fingerprint density at radius 2 is 1.54 bits per heavy atom. The monoisotopic (exact) mass is 376 g/mol. The van der Waals surface area contributed by atoms with E-state index in [2.05, 4.69) is 39.8 Å². The average Bonchev–Trinajstić information content (AvgIpc) is 3.17. The normalized spacial score (nSPS) is 14.1. The van der Waals surface area contributed by atoms with Gasteiger partial charge < -0.3 is 9.47 Å². The number of hydrogen-bond donors (Lipinski definition) is 0. The fraction of sp³-hybridized carbons (Fsp3) is 0.652. The highest BCUT2D eigenvalue weighted by molar-refractivity contribution is 7.13. The molecule has 0 unspecified atom stereocenters. The minimum Gasteiger partial charge on any atom is -0.493 e. The molecule has 1 aliphatic carbocycles. The van der Waals surface area contributed by atoms with Crippen LogP contribution in [0.2, 0.25) is 0 Å². The van der Waals surface area contributed by atoms with E-state index in [4.69, 9.17) is 9.47 Å². The summed E-state index contributed by atoms with van der Waals surface area (Å²) in [5.41, 5.74) is 2.73. The Hall–Kier alpha value is -1.22. The minimum absolute atomic E-state index is 0.827. The van der Waals surface area contributed by atoms with Crippen LogP contribution in [0.25, 0.3) is 5.57 Å². The van der Waals surface area contributed by atoms with Crippen LogP contribution in [-0.4, -0.2) is 13.2 Å². The molecule has 0 N–H and O–H groups in total. The Balaban J connectivity index is 1.94. The van der Waals surface area contributed by atoms with E-state index in [1.807, 2.05) is 11.3 Å². The van der Waals surface area contributed by atoms with Crippen molar-refractivity contribution >= 4 is 16.9 Å². The zero-order valence-electron chi connectivity index (χ0n) is 17.2. The maximum atomic E-state index is 6.13. The Bertz CT molecular complexity index is 610. The Kier molecular flexibility index (Phi) is 9.31. The van der Waals surface area contributed by atoms with Gasteiger partial charge in [0.25, 0.3) is 0 Å². The van der Waals surface area contributed by atoms with Gasteiger partial charge in [0.2, 0.25) is 0 Å². The standard InChI is InChI=1S/C23H36O2S/c1-5-7-9-11-13-24-21-17-23(26-19(21)4)20-15-18(3)16-22(20)25-14-12-10-8-6-2/h16-17H,5-15H2,1-4H3. The van der Waals surface area contributed by atoms with Crippen LogP contribution in [0.4, 0.5) is 0 Å². The van der Waals surface area contributed by atoms with Crippen LogP contribution in [0.3, 0.4) is 0 Å². The van der Waals surface area contributed by atoms with E-state index in [1.165, 1.54) is 59.4 Å². The number of rotatable bonds is 13. The summed E-state index contributed by atoms with van der Waals surface area (Å²) in [4.78, 5) is 2.58. The maximum Gasteiger partial charge on any atom is 0.133 e. The van der Waals surface area contributed by atoms with Gasteiger partial charge >= 0.3 is 0 Å². The number of aryl methyl sites for hydroxylation is 1. The molecule has 0 aliphatic heterocycles. The molecular weight excluding hydrogens is 340 g/mol. The first-order valence-corrected chi connectivity index (χ1v) is 11.2. The molecule has 0 saturated heterocycles. The first-order valence-electron chi connectivity index (χ1n) is 10.4. The second-order valence-corrected chi connectivity index (χ2v) is 8.62. The van der Waals surface area contributed by atoms with E-state index >= 15 is 0 Å². The lowest BCUT2D eigenvalue weighted by Gasteiger charge is -2.08. The fourth-order valence-corrected chi connectivity index (χ4v) is 4.25. The minimum atomic E-state index is 0.827. The van der Waals surface area contributed by atoms with Crippen LogP contribution >= 0.6 is 11.3 Å². The molecule has 0 saturated carbocycles. The molecule has 0 atom stereocenters. The number of unbranched alkanes of at least 4 members (excludes halogenated alkanes) is 6. The van der Waals surface area contributed by atoms with Gasteiger partial charge in [-0.1, -0.05) is 57.9 Å². The molecule has 0 aromatic carbocycles. The van der Waals surface area contributed by atoms with Crippen molar-refractivity contribution in [2.75, 3.05) is 13.2 Å². The number of thiophene rings is 1. The van der Waals surface area contributed by atoms with E-state index in [0.717, 1.165) is 44.0 Å². The third kappa shape index (κ3) is 6.50. The summed E-state index contributed by atoms with van der Waals surface area (Å²) >= 11 is 1.84. The quantitative estimate of drug-likeness (QED) is 0.329. The van der Waals surface area contributed by atoms with Crippen molar-refractivity contribution in [3.63, 3.8) is 0 Å². The molecule has 0 fully saturated rings. The second kappa shape index (κ2) is 11.5. The van der Waals surface area contributed by atoms with Gasteiger partial charge in [0.15, 0.2) is 0 Å². The van der Waals surface area contributed by atoms with E-state index in [0.29, 0.717) is 0 Å². The van der Waals surface area contributed by atoms with Crippen LogP contribution in [-0.2, 0) is 4.74 Å². The molecule has 2 rings (SSSR count). The molecule has 0 amide bonds. The van der Waals surface area contributed by atoms with Gasteiger partial charge in [-0.3, -0.25) is 0 Å². The van der Waals surface area contributed by atoms with Crippen LogP contribution in [0, 0.1) is 6.92 Å². The number of hydrogen-bond acceptors (Lipinski definition) is 3. The summed E-state index contributed by atoms with van der Waals surface area (Å²) < 4.78 is 12.2. The highest BCUT2D eigenvalue weighted by atomic mass is 32.1. The maximum absolute atomic E-state index is 6.13. The summed E-state index contributed by atoms with van der Waals surface area (Å²) in [6.07, 6.45) is 13.2. The van der Waals surface area contributed by atoms with Crippen molar-refractivity contribution in [1.82, 2.24) is 0 Å². The fourth-order valence-electron chi connectivity index (χ4n) is 3.24. The summed E-state index contributed by atoms with van der Waals surface area (Å²) in [7, 11) is 0. The zero-order valence-corrected chi connectivity index (χ0v) is 18.0. The largest absolute Gasteiger partial charge is 0.493 e. The lowest BCUT2D eigenvalue weighted by molar-refractivity contribution is 0.219. The lowest BCUT2D eigenvalue weighted by atomic mass is 10.1. The predicted molar refractivity (Wildman–Crippen MR) is 114 cm³/mol. The Morgan fingerprint density at radius 3 is 2.19 bits per heavy atom. The molecule has 146 valence electrons. The Labute approximate surface area is 164 Å². The smallest absolute Gasteiger partial charge is 0.133 e. The molecule has 3 heteroatoms. The van der Waals surface area contributed by atoms with Gasteiger partial charge in [0, 0.05) is 15.3 Å². The van der Waals surface area contributed by atoms with Crippen LogP contribution in [0.15, 0.2) is 23.5 Å². The van der Waals surface area contributed by atoms with Crippen molar-refractivity contribution in [2.45, 2.75) is 85.5 Å². The van der Waals surface area contributed by atoms with Crippen molar-refractivity contribution in [1.29, 1.82) is 0 Å².